The Balaban J connectivity index is 2.22. The molecule has 4 heteroatoms. The van der Waals surface area contributed by atoms with E-state index >= 15 is 0 Å². The lowest BCUT2D eigenvalue weighted by Crippen LogP contribution is -1.81. The van der Waals surface area contributed by atoms with Crippen LogP contribution in [0, 0.1) is 10.5 Å². The molecule has 0 aliphatic heterocycles. The number of aromatic amines is 1. The second-order valence-corrected chi connectivity index (χ2v) is 5.17. The average Bonchev–Trinajstić information content (AvgIpc) is 2.74. The molecule has 3 aromatic rings. The minimum Gasteiger partial charge on any atom is -0.336 e. The molecule has 1 aromatic carbocycles. The van der Waals surface area contributed by atoms with Gasteiger partial charge in [-0.3, -0.25) is 0 Å². The summed E-state index contributed by atoms with van der Waals surface area (Å²) in [7, 11) is 0. The first kappa shape index (κ1) is 10.7. The topological polar surface area (TPSA) is 41.6 Å². The zero-order chi connectivity index (χ0) is 11.8. The summed E-state index contributed by atoms with van der Waals surface area (Å²) in [6, 6.07) is 10.2. The summed E-state index contributed by atoms with van der Waals surface area (Å²) < 4.78 is 1.20. The van der Waals surface area contributed by atoms with Crippen molar-refractivity contribution in [1.29, 1.82) is 0 Å². The van der Waals surface area contributed by atoms with Crippen molar-refractivity contribution in [2.45, 2.75) is 6.92 Å². The number of aromatic nitrogens is 3. The van der Waals surface area contributed by atoms with Crippen molar-refractivity contribution in [3.63, 3.8) is 0 Å². The van der Waals surface area contributed by atoms with Crippen molar-refractivity contribution in [3.8, 4) is 11.4 Å². The van der Waals surface area contributed by atoms with Crippen LogP contribution in [0.1, 0.15) is 5.56 Å². The second-order valence-electron chi connectivity index (χ2n) is 3.92. The lowest BCUT2D eigenvalue weighted by molar-refractivity contribution is 1.30. The number of fused-ring (bicyclic) bond motifs is 1. The van der Waals surface area contributed by atoms with Crippen LogP contribution in [0.4, 0.5) is 0 Å². The van der Waals surface area contributed by atoms with Gasteiger partial charge in [0.2, 0.25) is 0 Å². The number of benzene rings is 1. The summed E-state index contributed by atoms with van der Waals surface area (Å²) >= 11 is 2.30. The SMILES string of the molecule is Cc1ccnc2nc(-c3cccc(I)c3)[nH]c12. The quantitative estimate of drug-likeness (QED) is 0.691. The molecule has 1 N–H and O–H groups in total. The van der Waals surface area contributed by atoms with Crippen LogP contribution < -0.4 is 0 Å². The number of imidazole rings is 1. The first-order chi connectivity index (χ1) is 8.24. The van der Waals surface area contributed by atoms with Crippen molar-refractivity contribution >= 4 is 33.8 Å². The minimum atomic E-state index is 0.777. The highest BCUT2D eigenvalue weighted by molar-refractivity contribution is 14.1. The molecular weight excluding hydrogens is 325 g/mol. The molecule has 0 atom stereocenters. The van der Waals surface area contributed by atoms with Gasteiger partial charge in [-0.15, -0.1) is 0 Å². The normalized spacial score (nSPS) is 10.9. The van der Waals surface area contributed by atoms with E-state index in [-0.39, 0.29) is 0 Å². The maximum atomic E-state index is 4.51. The lowest BCUT2D eigenvalue weighted by Gasteiger charge is -1.96. The molecule has 0 saturated heterocycles. The Labute approximate surface area is 112 Å². The maximum Gasteiger partial charge on any atom is 0.178 e. The summed E-state index contributed by atoms with van der Waals surface area (Å²) in [5.74, 6) is 0.875. The molecule has 84 valence electrons. The molecule has 3 nitrogen and oxygen atoms in total. The largest absolute Gasteiger partial charge is 0.336 e. The van der Waals surface area contributed by atoms with Crippen molar-refractivity contribution < 1.29 is 0 Å². The molecule has 2 heterocycles. The van der Waals surface area contributed by atoms with Gasteiger partial charge in [0.05, 0.1) is 5.52 Å². The fourth-order valence-electron chi connectivity index (χ4n) is 1.81. The Bertz CT molecular complexity index is 688. The zero-order valence-electron chi connectivity index (χ0n) is 9.24. The molecule has 17 heavy (non-hydrogen) atoms. The molecule has 3 rings (SSSR count). The summed E-state index contributed by atoms with van der Waals surface area (Å²) in [5.41, 5.74) is 4.05. The van der Waals surface area contributed by atoms with Gasteiger partial charge >= 0.3 is 0 Å². The van der Waals surface area contributed by atoms with Crippen molar-refractivity contribution in [3.05, 3.63) is 45.7 Å². The molecule has 0 fully saturated rings. The fourth-order valence-corrected chi connectivity index (χ4v) is 2.35. The Morgan fingerprint density at radius 1 is 1.24 bits per heavy atom. The Morgan fingerprint density at radius 2 is 2.12 bits per heavy atom. The lowest BCUT2D eigenvalue weighted by atomic mass is 10.2. The second kappa shape index (κ2) is 4.10. The van der Waals surface area contributed by atoms with Gasteiger partial charge in [-0.2, -0.15) is 0 Å². The van der Waals surface area contributed by atoms with Crippen molar-refractivity contribution in [1.82, 2.24) is 15.0 Å². The summed E-state index contributed by atoms with van der Waals surface area (Å²) in [5, 5.41) is 0. The number of aryl methyl sites for hydroxylation is 1. The number of rotatable bonds is 1. The molecule has 0 radical (unpaired) electrons. The van der Waals surface area contributed by atoms with Crippen molar-refractivity contribution in [2.24, 2.45) is 0 Å². The highest BCUT2D eigenvalue weighted by Gasteiger charge is 2.07. The van der Waals surface area contributed by atoms with Gasteiger partial charge in [-0.1, -0.05) is 12.1 Å². The number of pyridine rings is 1. The van der Waals surface area contributed by atoms with Crippen LogP contribution in [0.3, 0.4) is 0 Å². The van der Waals surface area contributed by atoms with Crippen LogP contribution in [-0.4, -0.2) is 15.0 Å². The molecule has 0 bridgehead atoms. The van der Waals surface area contributed by atoms with Gasteiger partial charge in [0.1, 0.15) is 5.82 Å². The molecule has 0 aliphatic rings. The molecule has 0 aliphatic carbocycles. The molecule has 0 unspecified atom stereocenters. The van der Waals surface area contributed by atoms with E-state index < -0.39 is 0 Å². The number of H-pyrrole nitrogens is 1. The third kappa shape index (κ3) is 1.93. The van der Waals surface area contributed by atoms with Gasteiger partial charge in [0.25, 0.3) is 0 Å². The molecule has 0 saturated carbocycles. The average molecular weight is 335 g/mol. The summed E-state index contributed by atoms with van der Waals surface area (Å²) in [4.78, 5) is 12.1. The third-order valence-corrected chi connectivity index (χ3v) is 3.37. The zero-order valence-corrected chi connectivity index (χ0v) is 11.4. The van der Waals surface area contributed by atoms with Crippen LogP contribution in [0.15, 0.2) is 36.5 Å². The monoisotopic (exact) mass is 335 g/mol. The molecule has 0 amide bonds. The molecule has 2 aromatic heterocycles. The van der Waals surface area contributed by atoms with E-state index in [9.17, 15) is 0 Å². The van der Waals surface area contributed by atoms with Gasteiger partial charge in [0, 0.05) is 15.3 Å². The number of nitrogens with one attached hydrogen (secondary N) is 1. The van der Waals surface area contributed by atoms with E-state index in [1.807, 2.05) is 12.1 Å². The van der Waals surface area contributed by atoms with Gasteiger partial charge in [-0.05, 0) is 53.3 Å². The fraction of sp³-hybridized carbons (Fsp3) is 0.0769. The van der Waals surface area contributed by atoms with E-state index in [0.29, 0.717) is 0 Å². The molecular formula is C13H10IN3. The Hall–Kier alpha value is -1.43. The molecule has 0 spiro atoms. The van der Waals surface area contributed by atoms with Crippen LogP contribution >= 0.6 is 22.6 Å². The third-order valence-electron chi connectivity index (χ3n) is 2.70. The van der Waals surface area contributed by atoms with E-state index in [0.717, 1.165) is 22.6 Å². The first-order valence-corrected chi connectivity index (χ1v) is 6.39. The Kier molecular flexibility index (Phi) is 2.58. The Morgan fingerprint density at radius 3 is 2.88 bits per heavy atom. The standard InChI is InChI=1S/C13H10IN3/c1-8-5-6-15-13-11(8)16-12(17-13)9-3-2-4-10(14)7-9/h2-7H,1H3,(H,15,16,17). The number of halogens is 1. The predicted octanol–water partition coefficient (Wildman–Crippen LogP) is 3.54. The van der Waals surface area contributed by atoms with Gasteiger partial charge in [-0.25, -0.2) is 9.97 Å². The van der Waals surface area contributed by atoms with Crippen LogP contribution in [0.2, 0.25) is 0 Å². The van der Waals surface area contributed by atoms with Crippen LogP contribution in [-0.2, 0) is 0 Å². The van der Waals surface area contributed by atoms with E-state index in [2.05, 4.69) is 62.7 Å². The smallest absolute Gasteiger partial charge is 0.178 e. The minimum absolute atomic E-state index is 0.777. The first-order valence-electron chi connectivity index (χ1n) is 5.31. The van der Waals surface area contributed by atoms with E-state index in [4.69, 9.17) is 0 Å². The van der Waals surface area contributed by atoms with Crippen LogP contribution in [0.5, 0.6) is 0 Å². The summed E-state index contributed by atoms with van der Waals surface area (Å²) in [6.45, 7) is 2.06. The maximum absolute atomic E-state index is 4.51. The highest BCUT2D eigenvalue weighted by atomic mass is 127. The number of hydrogen-bond acceptors (Lipinski definition) is 2. The number of nitrogens with zero attached hydrogens (tertiary/aromatic N) is 2. The van der Waals surface area contributed by atoms with Crippen LogP contribution in [0.25, 0.3) is 22.6 Å². The van der Waals surface area contributed by atoms with E-state index in [1.165, 1.54) is 9.13 Å². The van der Waals surface area contributed by atoms with E-state index in [1.54, 1.807) is 6.20 Å². The number of hydrogen-bond donors (Lipinski definition) is 1. The highest BCUT2D eigenvalue weighted by Crippen LogP contribution is 2.22. The predicted molar refractivity (Wildman–Crippen MR) is 76.8 cm³/mol. The van der Waals surface area contributed by atoms with Gasteiger partial charge < -0.3 is 4.98 Å². The van der Waals surface area contributed by atoms with Crippen molar-refractivity contribution in [2.75, 3.05) is 0 Å². The summed E-state index contributed by atoms with van der Waals surface area (Å²) in [6.07, 6.45) is 1.79. The van der Waals surface area contributed by atoms with Gasteiger partial charge in [0.15, 0.2) is 5.65 Å².